The number of piperazine rings is 1. The zero-order chi connectivity index (χ0) is 26.5. The molecule has 1 aliphatic rings. The average Bonchev–Trinajstić information content (AvgIpc) is 3.25. The fourth-order valence-corrected chi connectivity index (χ4v) is 4.87. The van der Waals surface area contributed by atoms with E-state index in [4.69, 9.17) is 11.6 Å². The summed E-state index contributed by atoms with van der Waals surface area (Å²) in [4.78, 5) is 31.0. The highest BCUT2D eigenvalue weighted by Crippen LogP contribution is 2.20. The molecular formula is C28H30ClN6O3+. The summed E-state index contributed by atoms with van der Waals surface area (Å²) in [6, 6.07) is 25.8. The first-order valence-electron chi connectivity index (χ1n) is 12.6. The van der Waals surface area contributed by atoms with Crippen LogP contribution in [0.1, 0.15) is 10.5 Å². The summed E-state index contributed by atoms with van der Waals surface area (Å²) in [5, 5.41) is 17.5. The summed E-state index contributed by atoms with van der Waals surface area (Å²) in [5.74, 6) is -0.547. The lowest BCUT2D eigenvalue weighted by Crippen LogP contribution is -2.53. The summed E-state index contributed by atoms with van der Waals surface area (Å²) >= 11 is 6.14. The molecule has 0 aliphatic carbocycles. The van der Waals surface area contributed by atoms with Crippen molar-refractivity contribution in [1.82, 2.24) is 14.8 Å². The molecule has 1 aromatic heterocycles. The maximum Gasteiger partial charge on any atom is 0.411 e. The summed E-state index contributed by atoms with van der Waals surface area (Å²) in [6.45, 7) is 3.64. The molecule has 38 heavy (non-hydrogen) atoms. The van der Waals surface area contributed by atoms with Gasteiger partial charge in [0.25, 0.3) is 0 Å². The van der Waals surface area contributed by atoms with Crippen LogP contribution in [0, 0.1) is 0 Å². The van der Waals surface area contributed by atoms with Crippen molar-refractivity contribution in [2.75, 3.05) is 42.9 Å². The zero-order valence-corrected chi connectivity index (χ0v) is 21.6. The van der Waals surface area contributed by atoms with Gasteiger partial charge in [0.2, 0.25) is 0 Å². The maximum atomic E-state index is 13.3. The number of aliphatic hydroxyl groups is 1. The number of hydrogen-bond donors (Lipinski definition) is 3. The molecule has 0 saturated carbocycles. The number of aromatic amines is 1. The number of benzene rings is 3. The molecule has 5 rings (SSSR count). The Morgan fingerprint density at radius 3 is 2.29 bits per heavy atom. The minimum atomic E-state index is -0.803. The maximum absolute atomic E-state index is 13.3. The number of carbonyl (C=O) groups excluding carboxylic acids is 1. The van der Waals surface area contributed by atoms with Crippen LogP contribution in [-0.2, 0) is 6.54 Å². The molecular weight excluding hydrogens is 504 g/mol. The predicted octanol–water partition coefficient (Wildman–Crippen LogP) is 2.54. The van der Waals surface area contributed by atoms with E-state index in [0.29, 0.717) is 22.9 Å². The van der Waals surface area contributed by atoms with Crippen LogP contribution in [0.5, 0.6) is 0 Å². The number of halogens is 1. The second-order valence-electron chi connectivity index (χ2n) is 9.28. The van der Waals surface area contributed by atoms with Crippen molar-refractivity contribution in [2.45, 2.75) is 12.6 Å². The van der Waals surface area contributed by atoms with Crippen LogP contribution in [-0.4, -0.2) is 64.6 Å². The van der Waals surface area contributed by atoms with Gasteiger partial charge in [0.15, 0.2) is 5.69 Å². The summed E-state index contributed by atoms with van der Waals surface area (Å²) in [5.41, 5.74) is 1.68. The van der Waals surface area contributed by atoms with E-state index in [-0.39, 0.29) is 12.2 Å². The van der Waals surface area contributed by atoms with Gasteiger partial charge in [0, 0.05) is 49.1 Å². The molecule has 0 unspecified atom stereocenters. The molecule has 0 radical (unpaired) electrons. The lowest BCUT2D eigenvalue weighted by atomic mass is 10.2. The summed E-state index contributed by atoms with van der Waals surface area (Å²) in [7, 11) is 0. The van der Waals surface area contributed by atoms with E-state index in [0.717, 1.165) is 31.9 Å². The molecule has 1 atom stereocenters. The van der Waals surface area contributed by atoms with Crippen LogP contribution in [0.25, 0.3) is 5.69 Å². The highest BCUT2D eigenvalue weighted by molar-refractivity contribution is 6.30. The third-order valence-corrected chi connectivity index (χ3v) is 6.80. The largest absolute Gasteiger partial charge is 0.411 e. The van der Waals surface area contributed by atoms with Gasteiger partial charge in [-0.15, -0.1) is 4.68 Å². The first kappa shape index (κ1) is 25.7. The lowest BCUT2D eigenvalue weighted by Gasteiger charge is -2.36. The van der Waals surface area contributed by atoms with Crippen molar-refractivity contribution >= 4 is 28.9 Å². The first-order chi connectivity index (χ1) is 18.5. The minimum Gasteiger partial charge on any atom is -0.388 e. The van der Waals surface area contributed by atoms with E-state index in [1.165, 1.54) is 9.36 Å². The number of H-pyrrole nitrogens is 1. The Bertz CT molecular complexity index is 1430. The van der Waals surface area contributed by atoms with Crippen molar-refractivity contribution in [3.05, 3.63) is 106 Å². The number of amides is 1. The molecule has 0 spiro atoms. The Hall–Kier alpha value is -3.92. The van der Waals surface area contributed by atoms with E-state index in [9.17, 15) is 14.7 Å². The number of para-hydroxylation sites is 2. The second kappa shape index (κ2) is 11.6. The van der Waals surface area contributed by atoms with Crippen molar-refractivity contribution in [2.24, 2.45) is 0 Å². The van der Waals surface area contributed by atoms with Crippen molar-refractivity contribution in [1.29, 1.82) is 0 Å². The van der Waals surface area contributed by atoms with E-state index in [1.54, 1.807) is 36.4 Å². The number of nitrogens with zero attached hydrogens (tertiary/aromatic N) is 4. The van der Waals surface area contributed by atoms with Crippen LogP contribution >= 0.6 is 11.6 Å². The second-order valence-corrected chi connectivity index (χ2v) is 9.71. The summed E-state index contributed by atoms with van der Waals surface area (Å²) < 4.78 is 2.75. The normalized spacial score (nSPS) is 14.8. The number of anilines is 2. The molecule has 1 fully saturated rings. The molecule has 1 aliphatic heterocycles. The first-order valence-corrected chi connectivity index (χ1v) is 12.9. The molecule has 2 heterocycles. The van der Waals surface area contributed by atoms with Crippen LogP contribution < -0.4 is 20.5 Å². The minimum absolute atomic E-state index is 0.0567. The number of nitrogens with one attached hydrogen (secondary N) is 2. The van der Waals surface area contributed by atoms with Gasteiger partial charge in [-0.3, -0.25) is 9.69 Å². The topological polar surface area (TPSA) is 97.5 Å². The molecule has 9 nitrogen and oxygen atoms in total. The van der Waals surface area contributed by atoms with Gasteiger partial charge in [0.05, 0.1) is 0 Å². The van der Waals surface area contributed by atoms with E-state index >= 15 is 0 Å². The van der Waals surface area contributed by atoms with Gasteiger partial charge in [-0.25, -0.2) is 4.79 Å². The number of hydrogen-bond acceptors (Lipinski definition) is 5. The number of aliphatic hydroxyl groups excluding tert-OH is 1. The zero-order valence-electron chi connectivity index (χ0n) is 20.8. The van der Waals surface area contributed by atoms with Gasteiger partial charge < -0.3 is 15.3 Å². The number of aromatic nitrogens is 3. The highest BCUT2D eigenvalue weighted by Gasteiger charge is 2.31. The Kier molecular flexibility index (Phi) is 7.88. The Balaban J connectivity index is 1.30. The number of rotatable bonds is 8. The van der Waals surface area contributed by atoms with Crippen molar-refractivity contribution < 1.29 is 14.6 Å². The molecule has 0 bridgehead atoms. The molecule has 3 N–H and O–H groups in total. The SMILES string of the molecule is O=C(Nc1ccccc1)c1c(=O)n(-c2ccccc2)[nH][n+]1C[C@H](O)CN1CCN(c2cccc(Cl)c2)CC1. The van der Waals surface area contributed by atoms with Crippen LogP contribution in [0.4, 0.5) is 11.4 Å². The standard InChI is InChI=1S/C28H29ClN6O3/c29-21-8-7-13-24(18-21)33-16-14-32(15-17-33)19-25(36)20-34-26(27(37)30-22-9-3-1-4-10-22)28(38)35(31-34)23-11-5-2-6-12-23/h1-13,18,25,36H,14-17,19-20H2,(H-,30,31,37,38)/p+1/t25-/m1/s1. The highest BCUT2D eigenvalue weighted by atomic mass is 35.5. The predicted molar refractivity (Wildman–Crippen MR) is 147 cm³/mol. The Labute approximate surface area is 225 Å². The Morgan fingerprint density at radius 2 is 1.61 bits per heavy atom. The fourth-order valence-electron chi connectivity index (χ4n) is 4.68. The molecule has 1 amide bonds. The molecule has 1 saturated heterocycles. The number of carbonyl (C=O) groups is 1. The number of β-amino-alcohol motifs (C(OH)–C–C–N with tert-alkyl or cyclic N) is 1. The summed E-state index contributed by atoms with van der Waals surface area (Å²) in [6.07, 6.45) is -0.803. The van der Waals surface area contributed by atoms with Crippen LogP contribution in [0.3, 0.4) is 0 Å². The van der Waals surface area contributed by atoms with E-state index < -0.39 is 17.6 Å². The average molecular weight is 534 g/mol. The fraction of sp³-hybridized carbons (Fsp3) is 0.250. The van der Waals surface area contributed by atoms with Gasteiger partial charge in [0.1, 0.15) is 12.6 Å². The van der Waals surface area contributed by atoms with E-state index in [2.05, 4.69) is 20.3 Å². The van der Waals surface area contributed by atoms with Gasteiger partial charge in [-0.2, -0.15) is 0 Å². The van der Waals surface area contributed by atoms with Crippen molar-refractivity contribution in [3.63, 3.8) is 0 Å². The third kappa shape index (κ3) is 5.96. The monoisotopic (exact) mass is 533 g/mol. The quantitative estimate of drug-likeness (QED) is 0.302. The van der Waals surface area contributed by atoms with Crippen LogP contribution in [0.15, 0.2) is 89.7 Å². The van der Waals surface area contributed by atoms with Crippen molar-refractivity contribution in [3.8, 4) is 5.69 Å². The van der Waals surface area contributed by atoms with Gasteiger partial charge in [-0.1, -0.05) is 64.0 Å². The third-order valence-electron chi connectivity index (χ3n) is 6.57. The molecule has 10 heteroatoms. The molecule has 196 valence electrons. The van der Waals surface area contributed by atoms with E-state index in [1.807, 2.05) is 48.5 Å². The van der Waals surface area contributed by atoms with Crippen LogP contribution in [0.2, 0.25) is 5.02 Å². The molecule has 4 aromatic rings. The Morgan fingerprint density at radius 1 is 0.947 bits per heavy atom. The molecule has 3 aromatic carbocycles. The smallest absolute Gasteiger partial charge is 0.388 e. The van der Waals surface area contributed by atoms with Gasteiger partial charge >= 0.3 is 17.2 Å². The lowest BCUT2D eigenvalue weighted by molar-refractivity contribution is -0.761. The van der Waals surface area contributed by atoms with Gasteiger partial charge in [-0.05, 0) is 42.5 Å².